The number of hydrogen-bond acceptors (Lipinski definition) is 2. The van der Waals surface area contributed by atoms with Gasteiger partial charge in [-0.1, -0.05) is 30.3 Å². The number of halogens is 3. The van der Waals surface area contributed by atoms with Crippen molar-refractivity contribution in [2.45, 2.75) is 19.0 Å². The first kappa shape index (κ1) is 18.7. The van der Waals surface area contributed by atoms with E-state index in [1.165, 1.54) is 12.1 Å². The molecule has 4 nitrogen and oxygen atoms in total. The number of nitrogens with zero attached hydrogens (tertiary/aromatic N) is 2. The van der Waals surface area contributed by atoms with Gasteiger partial charge in [0.05, 0.1) is 23.9 Å². The van der Waals surface area contributed by atoms with Crippen LogP contribution in [0.2, 0.25) is 0 Å². The number of carbonyl (C=O) groups is 1. The van der Waals surface area contributed by atoms with E-state index in [4.69, 9.17) is 0 Å². The molecule has 3 aromatic rings. The molecule has 0 aliphatic carbocycles. The first-order chi connectivity index (χ1) is 12.9. The van der Waals surface area contributed by atoms with Gasteiger partial charge in [-0.3, -0.25) is 4.79 Å². The van der Waals surface area contributed by atoms with Crippen LogP contribution in [-0.4, -0.2) is 22.2 Å². The van der Waals surface area contributed by atoms with E-state index in [-0.39, 0.29) is 12.3 Å². The zero-order valence-electron chi connectivity index (χ0n) is 14.4. The van der Waals surface area contributed by atoms with Gasteiger partial charge in [-0.2, -0.15) is 18.3 Å². The van der Waals surface area contributed by atoms with Crippen LogP contribution in [0.4, 0.5) is 13.2 Å². The maximum absolute atomic E-state index is 12.5. The van der Waals surface area contributed by atoms with Gasteiger partial charge in [0.1, 0.15) is 0 Å². The molecule has 27 heavy (non-hydrogen) atoms. The highest BCUT2D eigenvalue weighted by atomic mass is 19.4. The Balaban J connectivity index is 1.47. The Bertz CT molecular complexity index is 887. The molecule has 0 aliphatic rings. The second kappa shape index (κ2) is 8.07. The van der Waals surface area contributed by atoms with E-state index in [9.17, 15) is 18.0 Å². The summed E-state index contributed by atoms with van der Waals surface area (Å²) >= 11 is 0. The minimum Gasteiger partial charge on any atom is -0.355 e. The molecule has 0 spiro atoms. The molecular formula is C20H18F3N3O. The Labute approximate surface area is 154 Å². The minimum atomic E-state index is -4.34. The summed E-state index contributed by atoms with van der Waals surface area (Å²) in [5.74, 6) is -0.158. The van der Waals surface area contributed by atoms with Crippen LogP contribution in [0.3, 0.4) is 0 Å². The fourth-order valence-corrected chi connectivity index (χ4v) is 2.63. The van der Waals surface area contributed by atoms with Crippen LogP contribution in [0.5, 0.6) is 0 Å². The highest BCUT2D eigenvalue weighted by Gasteiger charge is 2.29. The Morgan fingerprint density at radius 3 is 2.37 bits per heavy atom. The lowest BCUT2D eigenvalue weighted by molar-refractivity contribution is -0.137. The second-order valence-electron chi connectivity index (χ2n) is 6.10. The normalized spacial score (nSPS) is 11.4. The topological polar surface area (TPSA) is 46.9 Å². The number of carbonyl (C=O) groups excluding carboxylic acids is 1. The molecule has 0 bridgehead atoms. The minimum absolute atomic E-state index is 0.158. The molecule has 1 amide bonds. The molecule has 1 heterocycles. The summed E-state index contributed by atoms with van der Waals surface area (Å²) in [7, 11) is 0. The van der Waals surface area contributed by atoms with E-state index in [1.807, 2.05) is 30.3 Å². The molecule has 0 saturated carbocycles. The number of rotatable bonds is 6. The van der Waals surface area contributed by atoms with Gasteiger partial charge in [-0.05, 0) is 41.8 Å². The average Bonchev–Trinajstić information content (AvgIpc) is 3.10. The standard InChI is InChI=1S/C20H18F3N3O/c21-20(22,23)17-8-6-15(7-9-17)10-11-24-19(27)12-16-13-25-26(14-16)18-4-2-1-3-5-18/h1-9,13-14H,10-12H2,(H,24,27). The summed E-state index contributed by atoms with van der Waals surface area (Å²) in [5.41, 5.74) is 1.75. The van der Waals surface area contributed by atoms with Gasteiger partial charge in [0, 0.05) is 12.7 Å². The molecule has 3 rings (SSSR count). The number of nitrogens with one attached hydrogen (secondary N) is 1. The third-order valence-electron chi connectivity index (χ3n) is 4.04. The van der Waals surface area contributed by atoms with Crippen molar-refractivity contribution in [3.63, 3.8) is 0 Å². The molecule has 0 fully saturated rings. The van der Waals surface area contributed by atoms with Crippen molar-refractivity contribution < 1.29 is 18.0 Å². The number of amides is 1. The zero-order chi connectivity index (χ0) is 19.3. The van der Waals surface area contributed by atoms with Gasteiger partial charge in [0.2, 0.25) is 5.91 Å². The number of benzene rings is 2. The van der Waals surface area contributed by atoms with Crippen molar-refractivity contribution >= 4 is 5.91 Å². The molecule has 2 aromatic carbocycles. The van der Waals surface area contributed by atoms with Crippen molar-refractivity contribution in [2.75, 3.05) is 6.54 Å². The molecule has 7 heteroatoms. The van der Waals surface area contributed by atoms with Crippen LogP contribution >= 0.6 is 0 Å². The first-order valence-corrected chi connectivity index (χ1v) is 8.43. The van der Waals surface area contributed by atoms with Crippen LogP contribution < -0.4 is 5.32 Å². The monoisotopic (exact) mass is 373 g/mol. The summed E-state index contributed by atoms with van der Waals surface area (Å²) in [6.45, 7) is 0.358. The molecule has 140 valence electrons. The van der Waals surface area contributed by atoms with E-state index in [1.54, 1.807) is 17.1 Å². The van der Waals surface area contributed by atoms with Gasteiger partial charge >= 0.3 is 6.18 Å². The Kier molecular flexibility index (Phi) is 5.59. The number of alkyl halides is 3. The van der Waals surface area contributed by atoms with E-state index < -0.39 is 11.7 Å². The molecule has 0 saturated heterocycles. The average molecular weight is 373 g/mol. The maximum Gasteiger partial charge on any atom is 0.416 e. The number of aromatic nitrogens is 2. The maximum atomic E-state index is 12.5. The summed E-state index contributed by atoms with van der Waals surface area (Å²) in [6.07, 6.45) is -0.239. The lowest BCUT2D eigenvalue weighted by Crippen LogP contribution is -2.27. The first-order valence-electron chi connectivity index (χ1n) is 8.43. The van der Waals surface area contributed by atoms with E-state index in [0.29, 0.717) is 13.0 Å². The van der Waals surface area contributed by atoms with Gasteiger partial charge in [-0.15, -0.1) is 0 Å². The Hall–Kier alpha value is -3.09. The van der Waals surface area contributed by atoms with Crippen molar-refractivity contribution in [3.8, 4) is 5.69 Å². The van der Waals surface area contributed by atoms with Crippen LogP contribution in [0.1, 0.15) is 16.7 Å². The van der Waals surface area contributed by atoms with Crippen LogP contribution in [0.25, 0.3) is 5.69 Å². The Morgan fingerprint density at radius 2 is 1.70 bits per heavy atom. The smallest absolute Gasteiger partial charge is 0.355 e. The lowest BCUT2D eigenvalue weighted by Gasteiger charge is -2.08. The molecule has 0 aliphatic heterocycles. The Morgan fingerprint density at radius 1 is 1.00 bits per heavy atom. The van der Waals surface area contributed by atoms with Crippen molar-refractivity contribution in [3.05, 3.63) is 83.7 Å². The van der Waals surface area contributed by atoms with Crippen molar-refractivity contribution in [1.82, 2.24) is 15.1 Å². The van der Waals surface area contributed by atoms with Gasteiger partial charge in [-0.25, -0.2) is 4.68 Å². The largest absolute Gasteiger partial charge is 0.416 e. The lowest BCUT2D eigenvalue weighted by atomic mass is 10.1. The summed E-state index contributed by atoms with van der Waals surface area (Å²) in [5, 5.41) is 7.02. The number of hydrogen-bond donors (Lipinski definition) is 1. The molecule has 0 unspecified atom stereocenters. The van der Waals surface area contributed by atoms with Crippen molar-refractivity contribution in [1.29, 1.82) is 0 Å². The van der Waals surface area contributed by atoms with Crippen molar-refractivity contribution in [2.24, 2.45) is 0 Å². The van der Waals surface area contributed by atoms with Gasteiger partial charge in [0.15, 0.2) is 0 Å². The summed E-state index contributed by atoms with van der Waals surface area (Å²) in [4.78, 5) is 12.0. The fraction of sp³-hybridized carbons (Fsp3) is 0.200. The van der Waals surface area contributed by atoms with Crippen LogP contribution in [-0.2, 0) is 23.8 Å². The summed E-state index contributed by atoms with van der Waals surface area (Å²) < 4.78 is 39.3. The molecule has 0 atom stereocenters. The highest BCUT2D eigenvalue weighted by Crippen LogP contribution is 2.29. The van der Waals surface area contributed by atoms with Crippen LogP contribution in [0.15, 0.2) is 67.0 Å². The van der Waals surface area contributed by atoms with Gasteiger partial charge in [0.25, 0.3) is 0 Å². The molecule has 1 aromatic heterocycles. The molecule has 0 radical (unpaired) electrons. The van der Waals surface area contributed by atoms with Gasteiger partial charge < -0.3 is 5.32 Å². The highest BCUT2D eigenvalue weighted by molar-refractivity contribution is 5.78. The molecular weight excluding hydrogens is 355 g/mol. The van der Waals surface area contributed by atoms with Crippen LogP contribution in [0, 0.1) is 0 Å². The predicted octanol–water partition coefficient (Wildman–Crippen LogP) is 3.79. The fourth-order valence-electron chi connectivity index (χ4n) is 2.63. The summed E-state index contributed by atoms with van der Waals surface area (Å²) in [6, 6.07) is 14.5. The van der Waals surface area contributed by atoms with E-state index in [0.717, 1.165) is 28.9 Å². The third-order valence-corrected chi connectivity index (χ3v) is 4.04. The molecule has 1 N–H and O–H groups in total. The zero-order valence-corrected chi connectivity index (χ0v) is 14.4. The van der Waals surface area contributed by atoms with E-state index in [2.05, 4.69) is 10.4 Å². The quantitative estimate of drug-likeness (QED) is 0.715. The second-order valence-corrected chi connectivity index (χ2v) is 6.10. The van der Waals surface area contributed by atoms with E-state index >= 15 is 0 Å². The SMILES string of the molecule is O=C(Cc1cnn(-c2ccccc2)c1)NCCc1ccc(C(F)(F)F)cc1. The predicted molar refractivity (Wildman–Crippen MR) is 95.4 cm³/mol. The third kappa shape index (κ3) is 5.20. The number of para-hydroxylation sites is 1.